The SMILES string of the molecule is [2H]c1c(F)c(F)c(F)c([2H])c1CNC(=O)c1cc(S(=O)(=O)NC(C)(C)C)c[nH]1. The lowest BCUT2D eigenvalue weighted by molar-refractivity contribution is 0.0946. The molecule has 6 nitrogen and oxygen atoms in total. The van der Waals surface area contributed by atoms with E-state index in [1.807, 2.05) is 0 Å². The molecule has 0 radical (unpaired) electrons. The van der Waals surface area contributed by atoms with E-state index in [9.17, 15) is 26.4 Å². The van der Waals surface area contributed by atoms with Gasteiger partial charge in [-0.2, -0.15) is 0 Å². The van der Waals surface area contributed by atoms with Crippen molar-refractivity contribution in [1.82, 2.24) is 15.0 Å². The van der Waals surface area contributed by atoms with E-state index in [1.165, 1.54) is 0 Å². The normalized spacial score (nSPS) is 13.3. The quantitative estimate of drug-likeness (QED) is 0.684. The van der Waals surface area contributed by atoms with Crippen molar-refractivity contribution in [3.8, 4) is 0 Å². The minimum absolute atomic E-state index is 0.171. The van der Waals surface area contributed by atoms with Gasteiger partial charge in [-0.25, -0.2) is 26.3 Å². The monoisotopic (exact) mass is 391 g/mol. The Morgan fingerprint density at radius 1 is 1.23 bits per heavy atom. The van der Waals surface area contributed by atoms with Gasteiger partial charge in [-0.05, 0) is 44.5 Å². The fraction of sp³-hybridized carbons (Fsp3) is 0.312. The Morgan fingerprint density at radius 3 is 2.35 bits per heavy atom. The number of carbonyl (C=O) groups excluding carboxylic acids is 1. The first-order valence-electron chi connectivity index (χ1n) is 8.37. The van der Waals surface area contributed by atoms with Crippen LogP contribution in [-0.4, -0.2) is 24.8 Å². The van der Waals surface area contributed by atoms with Crippen LogP contribution in [-0.2, 0) is 16.6 Å². The molecule has 0 saturated heterocycles. The van der Waals surface area contributed by atoms with Gasteiger partial charge in [0.1, 0.15) is 10.6 Å². The van der Waals surface area contributed by atoms with Gasteiger partial charge in [0.2, 0.25) is 10.0 Å². The highest BCUT2D eigenvalue weighted by atomic mass is 32.2. The first kappa shape index (κ1) is 17.1. The maximum absolute atomic E-state index is 13.5. The van der Waals surface area contributed by atoms with E-state index < -0.39 is 63.1 Å². The van der Waals surface area contributed by atoms with E-state index in [-0.39, 0.29) is 10.6 Å². The highest BCUT2D eigenvalue weighted by Gasteiger charge is 2.24. The van der Waals surface area contributed by atoms with E-state index >= 15 is 0 Å². The van der Waals surface area contributed by atoms with Gasteiger partial charge in [-0.15, -0.1) is 0 Å². The number of nitrogens with one attached hydrogen (secondary N) is 3. The summed E-state index contributed by atoms with van der Waals surface area (Å²) in [6.45, 7) is 4.29. The summed E-state index contributed by atoms with van der Waals surface area (Å²) in [4.78, 5) is 14.4. The van der Waals surface area contributed by atoms with Crippen molar-refractivity contribution < 1.29 is 29.1 Å². The molecule has 2 aromatic rings. The number of hydrogen-bond acceptors (Lipinski definition) is 3. The Morgan fingerprint density at radius 2 is 1.81 bits per heavy atom. The summed E-state index contributed by atoms with van der Waals surface area (Å²) in [6, 6.07) is -1.04. The third kappa shape index (κ3) is 4.85. The molecular formula is C16H18F3N3O3S. The zero-order valence-corrected chi connectivity index (χ0v) is 14.9. The van der Waals surface area contributed by atoms with Crippen molar-refractivity contribution in [3.05, 3.63) is 53.1 Å². The van der Waals surface area contributed by atoms with Crippen LogP contribution < -0.4 is 10.0 Å². The van der Waals surface area contributed by atoms with E-state index in [4.69, 9.17) is 2.74 Å². The lowest BCUT2D eigenvalue weighted by Gasteiger charge is -2.19. The van der Waals surface area contributed by atoms with Gasteiger partial charge in [0.25, 0.3) is 5.91 Å². The van der Waals surface area contributed by atoms with E-state index in [0.717, 1.165) is 12.3 Å². The number of hydrogen-bond donors (Lipinski definition) is 3. The molecule has 0 spiro atoms. The Bertz CT molecular complexity index is 1000. The lowest BCUT2D eigenvalue weighted by atomic mass is 10.1. The number of benzene rings is 1. The second-order valence-electron chi connectivity index (χ2n) is 6.46. The molecule has 0 aliphatic heterocycles. The summed E-state index contributed by atoms with van der Waals surface area (Å²) in [5.41, 5.74) is -1.47. The molecule has 2 rings (SSSR count). The molecule has 142 valence electrons. The Kier molecular flexibility index (Phi) is 4.68. The van der Waals surface area contributed by atoms with Crippen LogP contribution in [0.15, 0.2) is 29.2 Å². The van der Waals surface area contributed by atoms with Crippen LogP contribution in [0.25, 0.3) is 0 Å². The number of rotatable bonds is 5. The molecule has 0 unspecified atom stereocenters. The molecule has 26 heavy (non-hydrogen) atoms. The molecule has 0 fully saturated rings. The molecule has 0 atom stereocenters. The van der Waals surface area contributed by atoms with Crippen molar-refractivity contribution >= 4 is 15.9 Å². The van der Waals surface area contributed by atoms with Gasteiger partial charge in [-0.3, -0.25) is 4.79 Å². The average Bonchev–Trinajstić information content (AvgIpc) is 3.07. The molecule has 0 aliphatic carbocycles. The molecule has 1 aromatic heterocycles. The molecule has 1 amide bonds. The van der Waals surface area contributed by atoms with E-state index in [1.54, 1.807) is 20.8 Å². The van der Waals surface area contributed by atoms with Crippen molar-refractivity contribution in [2.75, 3.05) is 0 Å². The maximum atomic E-state index is 13.5. The highest BCUT2D eigenvalue weighted by molar-refractivity contribution is 7.89. The smallest absolute Gasteiger partial charge is 0.268 e. The minimum atomic E-state index is -3.89. The predicted molar refractivity (Wildman–Crippen MR) is 88.4 cm³/mol. The van der Waals surface area contributed by atoms with Crippen LogP contribution in [0.3, 0.4) is 0 Å². The summed E-state index contributed by atoms with van der Waals surface area (Å²) >= 11 is 0. The van der Waals surface area contributed by atoms with Crippen molar-refractivity contribution in [3.63, 3.8) is 0 Å². The fourth-order valence-corrected chi connectivity index (χ4v) is 3.39. The number of carbonyl (C=O) groups is 1. The Balaban J connectivity index is 2.20. The number of halogens is 3. The second-order valence-corrected chi connectivity index (χ2v) is 8.14. The van der Waals surface area contributed by atoms with Gasteiger partial charge in [0.15, 0.2) is 17.5 Å². The lowest BCUT2D eigenvalue weighted by Crippen LogP contribution is -2.40. The topological polar surface area (TPSA) is 91.1 Å². The van der Waals surface area contributed by atoms with E-state index in [2.05, 4.69) is 15.0 Å². The van der Waals surface area contributed by atoms with Gasteiger partial charge < -0.3 is 10.3 Å². The van der Waals surface area contributed by atoms with Gasteiger partial charge in [0, 0.05) is 18.3 Å². The number of aromatic nitrogens is 1. The fourth-order valence-electron chi connectivity index (χ4n) is 1.98. The number of sulfonamides is 1. The minimum Gasteiger partial charge on any atom is -0.356 e. The first-order chi connectivity index (χ1) is 12.7. The first-order valence-corrected chi connectivity index (χ1v) is 8.86. The van der Waals surface area contributed by atoms with Crippen LogP contribution in [0, 0.1) is 17.5 Å². The van der Waals surface area contributed by atoms with Crippen molar-refractivity contribution in [2.24, 2.45) is 0 Å². The molecule has 3 N–H and O–H groups in total. The summed E-state index contributed by atoms with van der Waals surface area (Å²) < 4.78 is 81.9. The number of H-pyrrole nitrogens is 1. The predicted octanol–water partition coefficient (Wildman–Crippen LogP) is 2.44. The number of aromatic amines is 1. The summed E-state index contributed by atoms with van der Waals surface area (Å²) in [5, 5.41) is 2.20. The van der Waals surface area contributed by atoms with Crippen LogP contribution in [0.1, 0.15) is 39.6 Å². The van der Waals surface area contributed by atoms with Crippen LogP contribution in [0.2, 0.25) is 0 Å². The molecule has 1 aromatic carbocycles. The molecular weight excluding hydrogens is 371 g/mol. The van der Waals surface area contributed by atoms with Gasteiger partial charge in [-0.1, -0.05) is 0 Å². The third-order valence-electron chi connectivity index (χ3n) is 2.98. The molecule has 1 heterocycles. The number of amides is 1. The highest BCUT2D eigenvalue weighted by Crippen LogP contribution is 2.15. The maximum Gasteiger partial charge on any atom is 0.268 e. The average molecular weight is 391 g/mol. The largest absolute Gasteiger partial charge is 0.356 e. The molecule has 10 heteroatoms. The van der Waals surface area contributed by atoms with Crippen LogP contribution in [0.4, 0.5) is 13.2 Å². The van der Waals surface area contributed by atoms with Gasteiger partial charge in [0.05, 0.1) is 2.74 Å². The summed E-state index contributed by atoms with van der Waals surface area (Å²) in [5.74, 6) is -6.31. The second kappa shape index (κ2) is 7.12. The zero-order chi connectivity index (χ0) is 21.4. The van der Waals surface area contributed by atoms with Crippen LogP contribution >= 0.6 is 0 Å². The molecule has 0 bridgehead atoms. The third-order valence-corrected chi connectivity index (χ3v) is 4.72. The van der Waals surface area contributed by atoms with E-state index in [0.29, 0.717) is 0 Å². The van der Waals surface area contributed by atoms with Gasteiger partial charge >= 0.3 is 0 Å². The summed E-state index contributed by atoms with van der Waals surface area (Å²) in [7, 11) is -3.89. The standard InChI is InChI=1S/C16H18F3N3O3S/c1-16(2,3)22-26(24,25)10-6-13(20-8-10)15(23)21-7-9-4-11(17)14(19)12(18)5-9/h4-6,8,20,22H,7H2,1-3H3,(H,21,23)/i4D,5D. The summed E-state index contributed by atoms with van der Waals surface area (Å²) in [6.07, 6.45) is 1.09. The van der Waals surface area contributed by atoms with Crippen molar-refractivity contribution in [2.45, 2.75) is 37.8 Å². The Hall–Kier alpha value is -2.33. The van der Waals surface area contributed by atoms with Crippen molar-refractivity contribution in [1.29, 1.82) is 0 Å². The molecule has 0 saturated carbocycles. The Labute approximate surface area is 151 Å². The molecule has 0 aliphatic rings. The van der Waals surface area contributed by atoms with Crippen LogP contribution in [0.5, 0.6) is 0 Å². The zero-order valence-electron chi connectivity index (χ0n) is 16.1.